The van der Waals surface area contributed by atoms with Gasteiger partial charge in [0, 0.05) is 32.2 Å². The summed E-state index contributed by atoms with van der Waals surface area (Å²) in [6.07, 6.45) is -0.554. The van der Waals surface area contributed by atoms with Crippen molar-refractivity contribution in [1.82, 2.24) is 14.9 Å². The average Bonchev–Trinajstić information content (AvgIpc) is 3.20. The summed E-state index contributed by atoms with van der Waals surface area (Å²) in [5.41, 5.74) is 0.0601. The Bertz CT molecular complexity index is 898. The topological polar surface area (TPSA) is 87.2 Å². The molecule has 0 amide bonds. The molecule has 1 aromatic heterocycles. The SMILES string of the molecule is O=S(=O)(NCCNc1cc(N2CCCC2)cnn1)c1ccc(C(F)(F)F)cc1. The van der Waals surface area contributed by atoms with Crippen LogP contribution < -0.4 is 14.9 Å². The van der Waals surface area contributed by atoms with Crippen molar-refractivity contribution in [3.8, 4) is 0 Å². The van der Waals surface area contributed by atoms with Crippen LogP contribution in [-0.4, -0.2) is 44.8 Å². The largest absolute Gasteiger partial charge is 0.416 e. The molecule has 0 bridgehead atoms. The standard InChI is InChI=1S/C17H20F3N5O2S/c18-17(19,20)13-3-5-15(6-4-13)28(26,27)23-8-7-21-16-11-14(12-22-24-16)25-9-1-2-10-25/h3-6,11-12,23H,1-2,7-10H2,(H,21,24). The number of hydrogen-bond donors (Lipinski definition) is 2. The highest BCUT2D eigenvalue weighted by Gasteiger charge is 2.30. The summed E-state index contributed by atoms with van der Waals surface area (Å²) in [5.74, 6) is 0.526. The number of nitrogens with one attached hydrogen (secondary N) is 2. The molecule has 0 spiro atoms. The molecule has 28 heavy (non-hydrogen) atoms. The molecular formula is C17H20F3N5O2S. The Kier molecular flexibility index (Phi) is 6.04. The van der Waals surface area contributed by atoms with E-state index >= 15 is 0 Å². The second kappa shape index (κ2) is 8.31. The number of aromatic nitrogens is 2. The van der Waals surface area contributed by atoms with Crippen LogP contribution in [0.5, 0.6) is 0 Å². The molecular weight excluding hydrogens is 395 g/mol. The molecule has 152 valence electrons. The van der Waals surface area contributed by atoms with Crippen molar-refractivity contribution < 1.29 is 21.6 Å². The number of alkyl halides is 3. The molecule has 3 rings (SSSR count). The van der Waals surface area contributed by atoms with Crippen molar-refractivity contribution in [2.75, 3.05) is 36.4 Å². The van der Waals surface area contributed by atoms with Crippen molar-refractivity contribution in [3.63, 3.8) is 0 Å². The first-order valence-electron chi connectivity index (χ1n) is 8.74. The molecule has 1 aromatic carbocycles. The maximum atomic E-state index is 12.6. The maximum Gasteiger partial charge on any atom is 0.416 e. The second-order valence-corrected chi connectivity index (χ2v) is 8.11. The monoisotopic (exact) mass is 415 g/mol. The highest BCUT2D eigenvalue weighted by molar-refractivity contribution is 7.89. The zero-order valence-corrected chi connectivity index (χ0v) is 15.7. The number of halogens is 3. The Hall–Kier alpha value is -2.40. The van der Waals surface area contributed by atoms with Crippen LogP contribution in [0.4, 0.5) is 24.7 Å². The summed E-state index contributed by atoms with van der Waals surface area (Å²) >= 11 is 0. The van der Waals surface area contributed by atoms with Gasteiger partial charge in [0.2, 0.25) is 10.0 Å². The molecule has 0 aliphatic carbocycles. The number of nitrogens with zero attached hydrogens (tertiary/aromatic N) is 3. The summed E-state index contributed by atoms with van der Waals surface area (Å²) in [5, 5.41) is 10.9. The summed E-state index contributed by atoms with van der Waals surface area (Å²) in [6, 6.07) is 5.20. The van der Waals surface area contributed by atoms with Crippen LogP contribution in [0.3, 0.4) is 0 Å². The summed E-state index contributed by atoms with van der Waals surface area (Å²) in [7, 11) is -3.90. The summed E-state index contributed by atoms with van der Waals surface area (Å²) < 4.78 is 64.4. The number of sulfonamides is 1. The van der Waals surface area contributed by atoms with Crippen molar-refractivity contribution in [2.24, 2.45) is 0 Å². The minimum Gasteiger partial charge on any atom is -0.370 e. The molecule has 2 N–H and O–H groups in total. The Morgan fingerprint density at radius 1 is 1.07 bits per heavy atom. The lowest BCUT2D eigenvalue weighted by atomic mass is 10.2. The molecule has 0 radical (unpaired) electrons. The van der Waals surface area contributed by atoms with E-state index in [-0.39, 0.29) is 18.0 Å². The van der Waals surface area contributed by atoms with Crippen LogP contribution in [0.2, 0.25) is 0 Å². The lowest BCUT2D eigenvalue weighted by molar-refractivity contribution is -0.137. The van der Waals surface area contributed by atoms with Crippen LogP contribution in [0.1, 0.15) is 18.4 Å². The van der Waals surface area contributed by atoms with Gasteiger partial charge in [0.25, 0.3) is 0 Å². The van der Waals surface area contributed by atoms with Gasteiger partial charge in [0.15, 0.2) is 5.82 Å². The van der Waals surface area contributed by atoms with Gasteiger partial charge in [-0.2, -0.15) is 18.3 Å². The predicted molar refractivity (Wildman–Crippen MR) is 98.6 cm³/mol. The van der Waals surface area contributed by atoms with Crippen molar-refractivity contribution >= 4 is 21.5 Å². The Balaban J connectivity index is 1.52. The number of anilines is 2. The lowest BCUT2D eigenvalue weighted by Crippen LogP contribution is -2.29. The molecule has 0 atom stereocenters. The van der Waals surface area contributed by atoms with E-state index in [1.54, 1.807) is 6.20 Å². The fourth-order valence-corrected chi connectivity index (χ4v) is 3.91. The van der Waals surface area contributed by atoms with Gasteiger partial charge in [-0.3, -0.25) is 0 Å². The molecule has 11 heteroatoms. The fourth-order valence-electron chi connectivity index (χ4n) is 2.87. The number of hydrogen-bond acceptors (Lipinski definition) is 6. The molecule has 1 saturated heterocycles. The van der Waals surface area contributed by atoms with E-state index in [2.05, 4.69) is 25.1 Å². The van der Waals surface area contributed by atoms with E-state index < -0.39 is 21.8 Å². The van der Waals surface area contributed by atoms with Crippen LogP contribution in [0.15, 0.2) is 41.4 Å². The van der Waals surface area contributed by atoms with Gasteiger partial charge >= 0.3 is 6.18 Å². The first kappa shape index (κ1) is 20.3. The minimum atomic E-state index is -4.51. The van der Waals surface area contributed by atoms with E-state index in [1.165, 1.54) is 0 Å². The third kappa shape index (κ3) is 5.10. The second-order valence-electron chi connectivity index (χ2n) is 6.34. The van der Waals surface area contributed by atoms with Crippen molar-refractivity contribution in [2.45, 2.75) is 23.9 Å². The molecule has 2 aromatic rings. The zero-order chi connectivity index (χ0) is 20.2. The zero-order valence-electron chi connectivity index (χ0n) is 14.9. The summed E-state index contributed by atoms with van der Waals surface area (Å²) in [4.78, 5) is 1.98. The van der Waals surface area contributed by atoms with Gasteiger partial charge in [-0.15, -0.1) is 5.10 Å². The number of rotatable bonds is 7. The molecule has 1 aliphatic heterocycles. The third-order valence-corrected chi connectivity index (χ3v) is 5.80. The van der Waals surface area contributed by atoms with Gasteiger partial charge in [-0.25, -0.2) is 13.1 Å². The summed E-state index contributed by atoms with van der Waals surface area (Å²) in [6.45, 7) is 2.23. The van der Waals surface area contributed by atoms with E-state index in [1.807, 2.05) is 6.07 Å². The van der Waals surface area contributed by atoms with Crippen LogP contribution >= 0.6 is 0 Å². The van der Waals surface area contributed by atoms with E-state index in [4.69, 9.17) is 0 Å². The molecule has 0 saturated carbocycles. The molecule has 1 fully saturated rings. The van der Waals surface area contributed by atoms with Gasteiger partial charge in [0.05, 0.1) is 22.3 Å². The van der Waals surface area contributed by atoms with Crippen LogP contribution in [0, 0.1) is 0 Å². The van der Waals surface area contributed by atoms with Crippen molar-refractivity contribution in [3.05, 3.63) is 42.1 Å². The van der Waals surface area contributed by atoms with Crippen molar-refractivity contribution in [1.29, 1.82) is 0 Å². The lowest BCUT2D eigenvalue weighted by Gasteiger charge is -2.17. The number of benzene rings is 1. The minimum absolute atomic E-state index is 0.0407. The molecule has 7 nitrogen and oxygen atoms in total. The van der Waals surface area contributed by atoms with Gasteiger partial charge in [0.1, 0.15) is 0 Å². The highest BCUT2D eigenvalue weighted by atomic mass is 32.2. The van der Waals surface area contributed by atoms with E-state index in [9.17, 15) is 21.6 Å². The fraction of sp³-hybridized carbons (Fsp3) is 0.412. The molecule has 2 heterocycles. The van der Waals surface area contributed by atoms with Gasteiger partial charge in [-0.1, -0.05) is 0 Å². The molecule has 0 unspecified atom stereocenters. The first-order chi connectivity index (χ1) is 13.3. The van der Waals surface area contributed by atoms with E-state index in [0.29, 0.717) is 5.82 Å². The quantitative estimate of drug-likeness (QED) is 0.676. The first-order valence-corrected chi connectivity index (χ1v) is 10.2. The van der Waals surface area contributed by atoms with E-state index in [0.717, 1.165) is 55.9 Å². The molecule has 1 aliphatic rings. The maximum absolute atomic E-state index is 12.6. The van der Waals surface area contributed by atoms with Gasteiger partial charge in [-0.05, 0) is 37.1 Å². The Morgan fingerprint density at radius 3 is 2.39 bits per heavy atom. The normalized spacial score (nSPS) is 15.0. The Labute approximate surface area is 161 Å². The van der Waals surface area contributed by atoms with Crippen LogP contribution in [0.25, 0.3) is 0 Å². The third-order valence-electron chi connectivity index (χ3n) is 4.33. The smallest absolute Gasteiger partial charge is 0.370 e. The van der Waals surface area contributed by atoms with Gasteiger partial charge < -0.3 is 10.2 Å². The van der Waals surface area contributed by atoms with Crippen LogP contribution in [-0.2, 0) is 16.2 Å². The Morgan fingerprint density at radius 2 is 1.75 bits per heavy atom. The highest BCUT2D eigenvalue weighted by Crippen LogP contribution is 2.29. The average molecular weight is 415 g/mol. The predicted octanol–water partition coefficient (Wildman–Crippen LogP) is 2.49.